The van der Waals surface area contributed by atoms with Gasteiger partial charge >= 0.3 is 0 Å². The van der Waals surface area contributed by atoms with Crippen molar-refractivity contribution in [3.63, 3.8) is 0 Å². The van der Waals surface area contributed by atoms with Gasteiger partial charge in [-0.05, 0) is 117 Å². The standard InChI is InChI=1S/C59H42N2/c1-3-19-40(20-4-1)57-43-23-8-7-18-39(43)34-37-55(57)61(42-35-36-47-46-26-12-16-32-53(46)60(56(47)38-42)41-21-5-2-6-22-41)54-33-17-31-52-58(54)48-27-11-15-30-51(48)59(52)49-28-13-9-24-44(49)45-25-10-14-29-50(45)59/h2-3,5-16,18-32,34-38H,1,4,17,33H2. The van der Waals surface area contributed by atoms with Gasteiger partial charge in [0, 0.05) is 39.0 Å². The fourth-order valence-electron chi connectivity index (χ4n) is 11.5. The van der Waals surface area contributed by atoms with Gasteiger partial charge in [-0.1, -0.05) is 170 Å². The molecule has 0 N–H and O–H groups in total. The van der Waals surface area contributed by atoms with Gasteiger partial charge in [0.2, 0.25) is 0 Å². The van der Waals surface area contributed by atoms with Gasteiger partial charge in [-0.3, -0.25) is 0 Å². The Bertz CT molecular complexity index is 3380. The number of nitrogens with zero attached hydrogens (tertiary/aromatic N) is 2. The highest BCUT2D eigenvalue weighted by atomic mass is 15.2. The molecule has 0 radical (unpaired) electrons. The van der Waals surface area contributed by atoms with Gasteiger partial charge in [0.25, 0.3) is 0 Å². The first-order valence-corrected chi connectivity index (χ1v) is 21.8. The molecule has 13 rings (SSSR count). The monoisotopic (exact) mass is 778 g/mol. The van der Waals surface area contributed by atoms with E-state index in [2.05, 4.69) is 216 Å². The van der Waals surface area contributed by atoms with E-state index in [0.29, 0.717) is 0 Å². The predicted molar refractivity (Wildman–Crippen MR) is 256 cm³/mol. The van der Waals surface area contributed by atoms with Crippen molar-refractivity contribution in [3.8, 4) is 16.8 Å². The number of hydrogen-bond acceptors (Lipinski definition) is 1. The smallest absolute Gasteiger partial charge is 0.0723 e. The van der Waals surface area contributed by atoms with Crippen LogP contribution in [-0.4, -0.2) is 4.57 Å². The fraction of sp³-hybridized carbons (Fsp3) is 0.0847. The Balaban J connectivity index is 1.15. The van der Waals surface area contributed by atoms with Crippen LogP contribution in [-0.2, 0) is 5.41 Å². The molecule has 0 aliphatic heterocycles. The minimum atomic E-state index is -0.402. The number of para-hydroxylation sites is 2. The third-order valence-corrected chi connectivity index (χ3v) is 13.9. The predicted octanol–water partition coefficient (Wildman–Crippen LogP) is 15.3. The lowest BCUT2D eigenvalue weighted by molar-refractivity contribution is 0.774. The summed E-state index contributed by atoms with van der Waals surface area (Å²) in [4.78, 5) is 2.67. The van der Waals surface area contributed by atoms with Crippen molar-refractivity contribution < 1.29 is 0 Å². The SMILES string of the molecule is C1=CC(c2c(N(C3=C4C(=CCC3)C3(c5ccccc54)c4ccccc4-c4ccccc43)c3ccc4c5ccccc5n(-c5ccccc5)c4c3)ccc3ccccc23)=CCC1. The number of aromatic nitrogens is 1. The number of anilines is 2. The van der Waals surface area contributed by atoms with Crippen molar-refractivity contribution in [2.24, 2.45) is 0 Å². The van der Waals surface area contributed by atoms with Crippen molar-refractivity contribution in [1.29, 1.82) is 0 Å². The van der Waals surface area contributed by atoms with Gasteiger partial charge in [0.05, 0.1) is 22.1 Å². The lowest BCUT2D eigenvalue weighted by Gasteiger charge is -2.36. The molecule has 2 nitrogen and oxygen atoms in total. The largest absolute Gasteiger partial charge is 0.313 e. The lowest BCUT2D eigenvalue weighted by atomic mass is 9.69. The Kier molecular flexibility index (Phi) is 7.51. The first-order chi connectivity index (χ1) is 30.3. The highest BCUT2D eigenvalue weighted by Gasteiger charge is 2.54. The molecule has 0 fully saturated rings. The van der Waals surface area contributed by atoms with Crippen molar-refractivity contribution in [1.82, 2.24) is 4.57 Å². The Morgan fingerprint density at radius 2 is 1.15 bits per heavy atom. The van der Waals surface area contributed by atoms with Crippen LogP contribution in [0.3, 0.4) is 0 Å². The second-order valence-corrected chi connectivity index (χ2v) is 16.9. The molecule has 1 aromatic heterocycles. The van der Waals surface area contributed by atoms with Crippen LogP contribution < -0.4 is 4.90 Å². The zero-order chi connectivity index (χ0) is 40.1. The Hall–Kier alpha value is -7.42. The Morgan fingerprint density at radius 1 is 0.492 bits per heavy atom. The summed E-state index contributed by atoms with van der Waals surface area (Å²) >= 11 is 0. The van der Waals surface area contributed by atoms with Gasteiger partial charge in [-0.15, -0.1) is 0 Å². The molecule has 61 heavy (non-hydrogen) atoms. The van der Waals surface area contributed by atoms with Gasteiger partial charge < -0.3 is 9.47 Å². The third kappa shape index (κ3) is 4.79. The average molecular weight is 779 g/mol. The van der Waals surface area contributed by atoms with E-state index in [1.165, 1.54) is 105 Å². The normalized spacial score (nSPS) is 15.8. The number of fused-ring (bicyclic) bond motifs is 14. The van der Waals surface area contributed by atoms with Crippen LogP contribution in [0.4, 0.5) is 11.4 Å². The number of benzene rings is 8. The number of allylic oxidation sites excluding steroid dienone is 8. The van der Waals surface area contributed by atoms with Crippen LogP contribution in [0, 0.1) is 0 Å². The number of hydrogen-bond donors (Lipinski definition) is 0. The molecule has 4 aliphatic rings. The van der Waals surface area contributed by atoms with E-state index in [1.54, 1.807) is 0 Å². The minimum absolute atomic E-state index is 0.402. The summed E-state index contributed by atoms with van der Waals surface area (Å²) in [5, 5.41) is 5.05. The second-order valence-electron chi connectivity index (χ2n) is 16.9. The second kappa shape index (κ2) is 13.3. The summed E-state index contributed by atoms with van der Waals surface area (Å²) in [6.07, 6.45) is 13.7. The zero-order valence-electron chi connectivity index (χ0n) is 33.9. The summed E-state index contributed by atoms with van der Waals surface area (Å²) in [7, 11) is 0. The first kappa shape index (κ1) is 34.4. The maximum Gasteiger partial charge on any atom is 0.0723 e. The Morgan fingerprint density at radius 3 is 1.92 bits per heavy atom. The maximum absolute atomic E-state index is 2.67. The van der Waals surface area contributed by atoms with Crippen LogP contribution in [0.15, 0.2) is 218 Å². The summed E-state index contributed by atoms with van der Waals surface area (Å²) in [6, 6.07) is 68.3. The molecule has 0 bridgehead atoms. The molecule has 1 spiro atoms. The highest BCUT2D eigenvalue weighted by molar-refractivity contribution is 6.11. The molecule has 288 valence electrons. The third-order valence-electron chi connectivity index (χ3n) is 13.9. The molecule has 0 amide bonds. The molecule has 0 atom stereocenters. The van der Waals surface area contributed by atoms with Crippen LogP contribution in [0.25, 0.3) is 60.5 Å². The lowest BCUT2D eigenvalue weighted by Crippen LogP contribution is -2.28. The van der Waals surface area contributed by atoms with Gasteiger partial charge in [-0.2, -0.15) is 0 Å². The first-order valence-electron chi connectivity index (χ1n) is 21.8. The summed E-state index contributed by atoms with van der Waals surface area (Å²) in [5.41, 5.74) is 20.4. The molecular weight excluding hydrogens is 737 g/mol. The topological polar surface area (TPSA) is 8.17 Å². The van der Waals surface area contributed by atoms with Gasteiger partial charge in [0.15, 0.2) is 0 Å². The van der Waals surface area contributed by atoms with Gasteiger partial charge in [-0.25, -0.2) is 0 Å². The van der Waals surface area contributed by atoms with E-state index in [1.807, 2.05) is 0 Å². The molecule has 1 heterocycles. The van der Waals surface area contributed by atoms with Crippen LogP contribution >= 0.6 is 0 Å². The molecular formula is C59H42N2. The van der Waals surface area contributed by atoms with E-state index in [9.17, 15) is 0 Å². The maximum atomic E-state index is 2.67. The molecule has 2 heteroatoms. The van der Waals surface area contributed by atoms with Gasteiger partial charge in [0.1, 0.15) is 0 Å². The van der Waals surface area contributed by atoms with E-state index in [4.69, 9.17) is 0 Å². The molecule has 0 unspecified atom stereocenters. The Labute approximate surface area is 356 Å². The van der Waals surface area contributed by atoms with Crippen molar-refractivity contribution >= 4 is 55.1 Å². The van der Waals surface area contributed by atoms with Crippen molar-refractivity contribution in [2.45, 2.75) is 31.1 Å². The highest BCUT2D eigenvalue weighted by Crippen LogP contribution is 2.65. The molecule has 9 aromatic rings. The van der Waals surface area contributed by atoms with Crippen LogP contribution in [0.5, 0.6) is 0 Å². The summed E-state index contributed by atoms with van der Waals surface area (Å²) in [5.74, 6) is 0. The van der Waals surface area contributed by atoms with E-state index in [-0.39, 0.29) is 0 Å². The summed E-state index contributed by atoms with van der Waals surface area (Å²) in [6.45, 7) is 0. The van der Waals surface area contributed by atoms with E-state index >= 15 is 0 Å². The van der Waals surface area contributed by atoms with Crippen LogP contribution in [0.2, 0.25) is 0 Å². The zero-order valence-corrected chi connectivity index (χ0v) is 33.9. The van der Waals surface area contributed by atoms with E-state index in [0.717, 1.165) is 31.4 Å². The molecule has 4 aliphatic carbocycles. The number of rotatable bonds is 5. The van der Waals surface area contributed by atoms with E-state index < -0.39 is 5.41 Å². The average Bonchev–Trinajstić information content (AvgIpc) is 3.94. The fourth-order valence-corrected chi connectivity index (χ4v) is 11.5. The van der Waals surface area contributed by atoms with Crippen molar-refractivity contribution in [3.05, 3.63) is 245 Å². The summed E-state index contributed by atoms with van der Waals surface area (Å²) < 4.78 is 2.45. The molecule has 0 saturated heterocycles. The van der Waals surface area contributed by atoms with Crippen LogP contribution in [0.1, 0.15) is 53.5 Å². The molecule has 8 aromatic carbocycles. The minimum Gasteiger partial charge on any atom is -0.313 e. The van der Waals surface area contributed by atoms with Crippen molar-refractivity contribution in [2.75, 3.05) is 4.90 Å². The molecule has 0 saturated carbocycles. The quantitative estimate of drug-likeness (QED) is 0.169.